The molecule has 1 nitrogen and oxygen atoms in total. The van der Waals surface area contributed by atoms with Crippen LogP contribution in [-0.4, -0.2) is 4.98 Å². The molecular weight excluding hydrogens is 122 g/mol. The predicted molar refractivity (Wildman–Crippen MR) is 41.6 cm³/mol. The summed E-state index contributed by atoms with van der Waals surface area (Å²) in [6.45, 7) is 2.08. The summed E-state index contributed by atoms with van der Waals surface area (Å²) in [4.78, 5) is 3.92. The van der Waals surface area contributed by atoms with Gasteiger partial charge in [0.2, 0.25) is 0 Å². The largest absolute Gasteiger partial charge is 0.263 e. The number of aryl methyl sites for hydroxylation is 1. The summed E-state index contributed by atoms with van der Waals surface area (Å²) in [6, 6.07) is 1.95. The molecule has 1 aromatic heterocycles. The van der Waals surface area contributed by atoms with Gasteiger partial charge in [-0.3, -0.25) is 4.98 Å². The van der Waals surface area contributed by atoms with Gasteiger partial charge in [-0.05, 0) is 18.1 Å². The van der Waals surface area contributed by atoms with Crippen LogP contribution in [0, 0.1) is 12.3 Å². The number of pyridine rings is 1. The second-order valence-electron chi connectivity index (χ2n) is 2.03. The molecule has 10 heavy (non-hydrogen) atoms. The lowest BCUT2D eigenvalue weighted by molar-refractivity contribution is 1.11. The fraction of sp³-hybridized carbons (Fsp3) is 0.222. The molecule has 0 bridgehead atoms. The Morgan fingerprint density at radius 2 is 2.50 bits per heavy atom. The van der Waals surface area contributed by atoms with Gasteiger partial charge in [0.25, 0.3) is 0 Å². The van der Waals surface area contributed by atoms with E-state index in [2.05, 4.69) is 17.8 Å². The minimum atomic E-state index is 0.907. The molecule has 0 amide bonds. The summed E-state index contributed by atoms with van der Waals surface area (Å²) >= 11 is 0. The van der Waals surface area contributed by atoms with Crippen LogP contribution in [0.25, 0.3) is 0 Å². The van der Waals surface area contributed by atoms with E-state index in [1.54, 1.807) is 12.4 Å². The van der Waals surface area contributed by atoms with Gasteiger partial charge in [0.15, 0.2) is 0 Å². The maximum absolute atomic E-state index is 5.24. The van der Waals surface area contributed by atoms with Gasteiger partial charge in [0.1, 0.15) is 0 Å². The molecule has 0 aliphatic heterocycles. The highest BCUT2D eigenvalue weighted by molar-refractivity contribution is 5.36. The van der Waals surface area contributed by atoms with Gasteiger partial charge in [-0.15, -0.1) is 6.42 Å². The second kappa shape index (κ2) is 3.03. The van der Waals surface area contributed by atoms with Gasteiger partial charge < -0.3 is 0 Å². The van der Waals surface area contributed by atoms with E-state index in [4.69, 9.17) is 6.42 Å². The Bertz CT molecular complexity index is 258. The molecule has 0 aliphatic carbocycles. The highest BCUT2D eigenvalue weighted by Crippen LogP contribution is 2.04. The molecule has 0 atom stereocenters. The molecular formula is C9H9N. The summed E-state index contributed by atoms with van der Waals surface area (Å²) in [6.07, 6.45) is 9.70. The van der Waals surface area contributed by atoms with Crippen molar-refractivity contribution in [1.29, 1.82) is 0 Å². The van der Waals surface area contributed by atoms with Crippen LogP contribution < -0.4 is 0 Å². The number of terminal acetylenes is 1. The minimum Gasteiger partial charge on any atom is -0.263 e. The highest BCUT2D eigenvalue weighted by Gasteiger charge is 1.93. The number of aromatic nitrogens is 1. The van der Waals surface area contributed by atoms with Crippen LogP contribution in [0.5, 0.6) is 0 Å². The summed E-state index contributed by atoms with van der Waals surface area (Å²) in [5.74, 6) is 2.58. The van der Waals surface area contributed by atoms with Crippen molar-refractivity contribution in [2.45, 2.75) is 13.3 Å². The predicted octanol–water partition coefficient (Wildman–Crippen LogP) is 1.63. The van der Waals surface area contributed by atoms with Gasteiger partial charge in [0, 0.05) is 18.0 Å². The van der Waals surface area contributed by atoms with Crippen LogP contribution in [0.1, 0.15) is 18.1 Å². The molecule has 0 spiro atoms. The van der Waals surface area contributed by atoms with Crippen molar-refractivity contribution in [2.75, 3.05) is 0 Å². The molecule has 0 fully saturated rings. The van der Waals surface area contributed by atoms with E-state index >= 15 is 0 Å². The van der Waals surface area contributed by atoms with Crippen molar-refractivity contribution in [2.24, 2.45) is 0 Å². The molecule has 0 N–H and O–H groups in total. The van der Waals surface area contributed by atoms with Crippen LogP contribution in [-0.2, 0) is 6.42 Å². The fourth-order valence-corrected chi connectivity index (χ4v) is 0.862. The highest BCUT2D eigenvalue weighted by atomic mass is 14.6. The van der Waals surface area contributed by atoms with Crippen molar-refractivity contribution < 1.29 is 0 Å². The van der Waals surface area contributed by atoms with Crippen LogP contribution in [0.2, 0.25) is 0 Å². The fourth-order valence-electron chi connectivity index (χ4n) is 0.862. The van der Waals surface area contributed by atoms with Crippen molar-refractivity contribution in [3.8, 4) is 12.3 Å². The van der Waals surface area contributed by atoms with Gasteiger partial charge >= 0.3 is 0 Å². The summed E-state index contributed by atoms with van der Waals surface area (Å²) in [7, 11) is 0. The Morgan fingerprint density at radius 3 is 3.00 bits per heavy atom. The molecule has 0 saturated heterocycles. The third kappa shape index (κ3) is 1.16. The number of hydrogen-bond acceptors (Lipinski definition) is 1. The molecule has 0 radical (unpaired) electrons. The van der Waals surface area contributed by atoms with Gasteiger partial charge in [0.05, 0.1) is 0 Å². The maximum atomic E-state index is 5.24. The Balaban J connectivity index is 3.12. The first-order chi connectivity index (χ1) is 4.88. The van der Waals surface area contributed by atoms with Crippen molar-refractivity contribution >= 4 is 0 Å². The zero-order valence-corrected chi connectivity index (χ0v) is 5.96. The van der Waals surface area contributed by atoms with Gasteiger partial charge in [-0.2, -0.15) is 0 Å². The zero-order valence-electron chi connectivity index (χ0n) is 5.96. The Morgan fingerprint density at radius 1 is 1.70 bits per heavy atom. The van der Waals surface area contributed by atoms with E-state index in [9.17, 15) is 0 Å². The van der Waals surface area contributed by atoms with E-state index in [1.165, 1.54) is 5.56 Å². The molecule has 1 aromatic rings. The standard InChI is InChI=1S/C9H9N/c1-3-8-5-6-10-7-9(8)4-2/h2,5-7H,3H2,1H3. The van der Waals surface area contributed by atoms with Crippen molar-refractivity contribution in [3.05, 3.63) is 29.6 Å². The normalized spacial score (nSPS) is 8.80. The monoisotopic (exact) mass is 131 g/mol. The van der Waals surface area contributed by atoms with Crippen molar-refractivity contribution in [3.63, 3.8) is 0 Å². The topological polar surface area (TPSA) is 12.9 Å². The molecule has 50 valence electrons. The Kier molecular flexibility index (Phi) is 2.07. The lowest BCUT2D eigenvalue weighted by Gasteiger charge is -1.96. The quantitative estimate of drug-likeness (QED) is 0.528. The Labute approximate surface area is 61.1 Å². The lowest BCUT2D eigenvalue weighted by Crippen LogP contribution is -1.86. The zero-order chi connectivity index (χ0) is 7.40. The van der Waals surface area contributed by atoms with Crippen molar-refractivity contribution in [1.82, 2.24) is 4.98 Å². The van der Waals surface area contributed by atoms with E-state index in [0.717, 1.165) is 12.0 Å². The average Bonchev–Trinajstić information content (AvgIpc) is 2.04. The molecule has 1 rings (SSSR count). The Hall–Kier alpha value is -1.29. The van der Waals surface area contributed by atoms with E-state index in [0.29, 0.717) is 0 Å². The van der Waals surface area contributed by atoms with E-state index < -0.39 is 0 Å². The van der Waals surface area contributed by atoms with Crippen LogP contribution >= 0.6 is 0 Å². The smallest absolute Gasteiger partial charge is 0.0457 e. The number of hydrogen-bond donors (Lipinski definition) is 0. The third-order valence-corrected chi connectivity index (χ3v) is 1.45. The lowest BCUT2D eigenvalue weighted by atomic mass is 10.1. The molecule has 0 saturated carbocycles. The first-order valence-electron chi connectivity index (χ1n) is 3.28. The van der Waals surface area contributed by atoms with E-state index in [-0.39, 0.29) is 0 Å². The first-order valence-corrected chi connectivity index (χ1v) is 3.28. The number of rotatable bonds is 1. The van der Waals surface area contributed by atoms with Gasteiger partial charge in [-0.1, -0.05) is 12.8 Å². The average molecular weight is 131 g/mol. The maximum Gasteiger partial charge on any atom is 0.0457 e. The van der Waals surface area contributed by atoms with Crippen LogP contribution in [0.3, 0.4) is 0 Å². The van der Waals surface area contributed by atoms with Crippen LogP contribution in [0.15, 0.2) is 18.5 Å². The third-order valence-electron chi connectivity index (χ3n) is 1.45. The SMILES string of the molecule is C#Cc1cnccc1CC. The summed E-state index contributed by atoms with van der Waals surface area (Å²) in [5, 5.41) is 0. The molecule has 0 aromatic carbocycles. The molecule has 1 heteroatoms. The molecule has 1 heterocycles. The van der Waals surface area contributed by atoms with Gasteiger partial charge in [-0.25, -0.2) is 0 Å². The second-order valence-corrected chi connectivity index (χ2v) is 2.03. The van der Waals surface area contributed by atoms with Crippen LogP contribution in [0.4, 0.5) is 0 Å². The number of nitrogens with zero attached hydrogens (tertiary/aromatic N) is 1. The summed E-state index contributed by atoms with van der Waals surface area (Å²) < 4.78 is 0. The minimum absolute atomic E-state index is 0.907. The molecule has 0 unspecified atom stereocenters. The van der Waals surface area contributed by atoms with E-state index in [1.807, 2.05) is 6.07 Å². The first kappa shape index (κ1) is 6.82. The summed E-state index contributed by atoms with van der Waals surface area (Å²) in [5.41, 5.74) is 2.10. The molecule has 0 aliphatic rings.